The minimum Gasteiger partial charge on any atom is -0.493 e. The van der Waals surface area contributed by atoms with Crippen LogP contribution in [0.15, 0.2) is 59.5 Å². The molecular formula is C26H18Cl2F2N2O5S. The van der Waals surface area contributed by atoms with Crippen molar-refractivity contribution in [2.75, 3.05) is 19.0 Å². The average molecular weight is 579 g/mol. The van der Waals surface area contributed by atoms with Crippen molar-refractivity contribution < 1.29 is 32.6 Å². The summed E-state index contributed by atoms with van der Waals surface area (Å²) in [5, 5.41) is 2.52. The van der Waals surface area contributed by atoms with Gasteiger partial charge in [-0.05, 0) is 59.8 Å². The largest absolute Gasteiger partial charge is 0.493 e. The van der Waals surface area contributed by atoms with Crippen molar-refractivity contribution in [1.82, 2.24) is 4.90 Å². The second-order valence-electron chi connectivity index (χ2n) is 7.87. The Labute approximate surface area is 230 Å². The van der Waals surface area contributed by atoms with Crippen LogP contribution in [0.1, 0.15) is 11.1 Å². The summed E-state index contributed by atoms with van der Waals surface area (Å²) >= 11 is 12.8. The molecule has 1 aliphatic rings. The van der Waals surface area contributed by atoms with Gasteiger partial charge < -0.3 is 14.8 Å². The molecule has 1 fully saturated rings. The number of nitrogens with zero attached hydrogens (tertiary/aromatic N) is 1. The van der Waals surface area contributed by atoms with Gasteiger partial charge >= 0.3 is 0 Å². The first-order valence-corrected chi connectivity index (χ1v) is 12.5. The minimum absolute atomic E-state index is 0.0828. The van der Waals surface area contributed by atoms with Crippen molar-refractivity contribution in [2.45, 2.75) is 6.61 Å². The molecule has 1 saturated heterocycles. The van der Waals surface area contributed by atoms with Crippen LogP contribution in [0.3, 0.4) is 0 Å². The van der Waals surface area contributed by atoms with Gasteiger partial charge in [-0.2, -0.15) is 0 Å². The Hall–Kier alpha value is -3.60. The number of thioether (sulfide) groups is 1. The molecule has 0 aromatic heterocycles. The zero-order chi connectivity index (χ0) is 27.4. The molecule has 3 aromatic carbocycles. The second kappa shape index (κ2) is 11.8. The molecule has 0 unspecified atom stereocenters. The predicted octanol–water partition coefficient (Wildman–Crippen LogP) is 6.53. The molecule has 196 valence electrons. The number of rotatable bonds is 8. The Balaban J connectivity index is 1.43. The number of nitrogens with one attached hydrogen (secondary N) is 1. The summed E-state index contributed by atoms with van der Waals surface area (Å²) in [6.45, 7) is -0.476. The molecule has 4 rings (SSSR count). The highest BCUT2D eigenvalue weighted by atomic mass is 35.5. The summed E-state index contributed by atoms with van der Waals surface area (Å²) in [5.74, 6) is -2.49. The number of imide groups is 1. The van der Waals surface area contributed by atoms with Gasteiger partial charge in [0, 0.05) is 21.7 Å². The van der Waals surface area contributed by atoms with E-state index in [0.29, 0.717) is 44.9 Å². The van der Waals surface area contributed by atoms with Crippen LogP contribution in [-0.2, 0) is 16.2 Å². The number of halogens is 4. The molecule has 0 bridgehead atoms. The molecule has 0 atom stereocenters. The van der Waals surface area contributed by atoms with Gasteiger partial charge in [-0.15, -0.1) is 0 Å². The summed E-state index contributed by atoms with van der Waals surface area (Å²) in [4.78, 5) is 38.3. The highest BCUT2D eigenvalue weighted by Crippen LogP contribution is 2.35. The first-order chi connectivity index (χ1) is 18.1. The number of amides is 3. The number of carbonyl (C=O) groups excluding carboxylic acids is 3. The van der Waals surface area contributed by atoms with E-state index in [2.05, 4.69) is 5.32 Å². The van der Waals surface area contributed by atoms with E-state index in [-0.39, 0.29) is 17.2 Å². The molecule has 7 nitrogen and oxygen atoms in total. The third-order valence-corrected chi connectivity index (χ3v) is 6.76. The maximum Gasteiger partial charge on any atom is 0.294 e. The number of ether oxygens (including phenoxy) is 2. The van der Waals surface area contributed by atoms with Gasteiger partial charge in [0.1, 0.15) is 24.8 Å². The zero-order valence-electron chi connectivity index (χ0n) is 19.6. The molecule has 12 heteroatoms. The summed E-state index contributed by atoms with van der Waals surface area (Å²) < 4.78 is 38.1. The molecule has 1 aliphatic heterocycles. The van der Waals surface area contributed by atoms with Crippen molar-refractivity contribution in [2.24, 2.45) is 0 Å². The smallest absolute Gasteiger partial charge is 0.294 e. The van der Waals surface area contributed by atoms with Crippen molar-refractivity contribution in [1.29, 1.82) is 0 Å². The van der Waals surface area contributed by atoms with Gasteiger partial charge in [-0.1, -0.05) is 35.3 Å². The quantitative estimate of drug-likeness (QED) is 0.306. The average Bonchev–Trinajstić information content (AvgIpc) is 3.12. The number of carbonyl (C=O) groups is 3. The number of hydrogen-bond donors (Lipinski definition) is 1. The van der Waals surface area contributed by atoms with Crippen LogP contribution in [0, 0.1) is 11.6 Å². The van der Waals surface area contributed by atoms with Crippen LogP contribution in [0.2, 0.25) is 10.0 Å². The van der Waals surface area contributed by atoms with Crippen molar-refractivity contribution in [3.05, 3.63) is 92.3 Å². The Kier molecular flexibility index (Phi) is 8.55. The highest BCUT2D eigenvalue weighted by molar-refractivity contribution is 8.18. The fraction of sp³-hybridized carbons (Fsp3) is 0.115. The fourth-order valence-corrected chi connectivity index (χ4v) is 4.70. The van der Waals surface area contributed by atoms with E-state index in [1.165, 1.54) is 13.2 Å². The van der Waals surface area contributed by atoms with E-state index < -0.39 is 35.2 Å². The van der Waals surface area contributed by atoms with Crippen molar-refractivity contribution in [3.8, 4) is 11.5 Å². The van der Waals surface area contributed by atoms with Crippen LogP contribution < -0.4 is 14.8 Å². The molecular weight excluding hydrogens is 561 g/mol. The van der Waals surface area contributed by atoms with Gasteiger partial charge in [0.25, 0.3) is 11.1 Å². The lowest BCUT2D eigenvalue weighted by Gasteiger charge is -2.13. The monoisotopic (exact) mass is 578 g/mol. The Morgan fingerprint density at radius 2 is 1.84 bits per heavy atom. The van der Waals surface area contributed by atoms with Crippen LogP contribution in [-0.4, -0.2) is 35.6 Å². The molecule has 0 aliphatic carbocycles. The molecule has 38 heavy (non-hydrogen) atoms. The lowest BCUT2D eigenvalue weighted by atomic mass is 10.1. The standard InChI is InChI=1S/C26H18Cl2F2N2O5S/c1-36-22-8-14(2-7-21(22)37-13-15-3-4-16(27)10-18(15)28)9-23-25(34)32(26(35)38-23)12-24(33)31-20-6-5-17(29)11-19(20)30/h2-11H,12-13H2,1H3,(H,31,33)/b23-9+. The number of anilines is 1. The minimum atomic E-state index is -0.981. The van der Waals surface area contributed by atoms with Crippen LogP contribution in [0.25, 0.3) is 6.08 Å². The van der Waals surface area contributed by atoms with Crippen LogP contribution >= 0.6 is 35.0 Å². The van der Waals surface area contributed by atoms with E-state index in [0.717, 1.165) is 22.6 Å². The summed E-state index contributed by atoms with van der Waals surface area (Å²) in [7, 11) is 1.46. The topological polar surface area (TPSA) is 84.9 Å². The van der Waals surface area contributed by atoms with E-state index >= 15 is 0 Å². The first-order valence-electron chi connectivity index (χ1n) is 10.9. The lowest BCUT2D eigenvalue weighted by molar-refractivity contribution is -0.127. The molecule has 1 heterocycles. The van der Waals surface area contributed by atoms with E-state index in [1.54, 1.807) is 36.4 Å². The van der Waals surface area contributed by atoms with E-state index in [1.807, 2.05) is 0 Å². The summed E-state index contributed by atoms with van der Waals surface area (Å²) in [6, 6.07) is 12.6. The zero-order valence-corrected chi connectivity index (χ0v) is 21.9. The molecule has 1 N–H and O–H groups in total. The first kappa shape index (κ1) is 27.4. The SMILES string of the molecule is COc1cc(/C=C2/SC(=O)N(CC(=O)Nc3ccc(F)cc3F)C2=O)ccc1OCc1ccc(Cl)cc1Cl. The van der Waals surface area contributed by atoms with Gasteiger partial charge in [-0.25, -0.2) is 8.78 Å². The molecule has 3 aromatic rings. The van der Waals surface area contributed by atoms with Gasteiger partial charge in [0.15, 0.2) is 11.5 Å². The van der Waals surface area contributed by atoms with Crippen molar-refractivity contribution in [3.63, 3.8) is 0 Å². The third-order valence-electron chi connectivity index (χ3n) is 5.26. The van der Waals surface area contributed by atoms with Crippen molar-refractivity contribution >= 4 is 63.8 Å². The molecule has 3 amide bonds. The number of methoxy groups -OCH3 is 1. The van der Waals surface area contributed by atoms with E-state index in [4.69, 9.17) is 32.7 Å². The molecule has 0 spiro atoms. The predicted molar refractivity (Wildman–Crippen MR) is 141 cm³/mol. The lowest BCUT2D eigenvalue weighted by Crippen LogP contribution is -2.36. The fourth-order valence-electron chi connectivity index (χ4n) is 3.40. The van der Waals surface area contributed by atoms with Crippen LogP contribution in [0.4, 0.5) is 19.3 Å². The number of benzene rings is 3. The molecule has 0 saturated carbocycles. The summed E-state index contributed by atoms with van der Waals surface area (Å²) in [6.07, 6.45) is 1.48. The van der Waals surface area contributed by atoms with Crippen LogP contribution in [0.5, 0.6) is 11.5 Å². The number of hydrogen-bond acceptors (Lipinski definition) is 6. The summed E-state index contributed by atoms with van der Waals surface area (Å²) in [5.41, 5.74) is 0.996. The van der Waals surface area contributed by atoms with Gasteiger partial charge in [-0.3, -0.25) is 19.3 Å². The molecule has 0 radical (unpaired) electrons. The maximum absolute atomic E-state index is 13.8. The Morgan fingerprint density at radius 1 is 1.05 bits per heavy atom. The second-order valence-corrected chi connectivity index (χ2v) is 9.71. The van der Waals surface area contributed by atoms with Gasteiger partial charge in [0.2, 0.25) is 5.91 Å². The maximum atomic E-state index is 13.8. The Bertz CT molecular complexity index is 1470. The van der Waals surface area contributed by atoms with E-state index in [9.17, 15) is 23.2 Å². The highest BCUT2D eigenvalue weighted by Gasteiger charge is 2.36. The third kappa shape index (κ3) is 6.45. The normalized spacial score (nSPS) is 14.2. The van der Waals surface area contributed by atoms with Gasteiger partial charge in [0.05, 0.1) is 17.7 Å². The Morgan fingerprint density at radius 3 is 2.55 bits per heavy atom.